The van der Waals surface area contributed by atoms with Gasteiger partial charge in [-0.1, -0.05) is 85.1 Å². The first-order valence-corrected chi connectivity index (χ1v) is 12.1. The molecule has 2 aromatic carbocycles. The number of thiazole rings is 2. The molecule has 4 N–H and O–H groups in total. The smallest absolute Gasteiger partial charge is 0.180 e. The zero-order chi connectivity index (χ0) is 23.0. The Hall–Kier alpha value is -3.03. The third-order valence-corrected chi connectivity index (χ3v) is 7.90. The van der Waals surface area contributed by atoms with E-state index in [2.05, 4.69) is 9.97 Å². The second kappa shape index (κ2) is 8.84. The molecule has 0 saturated carbocycles. The molecule has 32 heavy (non-hydrogen) atoms. The van der Waals surface area contributed by atoms with E-state index < -0.39 is 0 Å². The Labute approximate surface area is 196 Å². The third-order valence-electron chi connectivity index (χ3n) is 5.83. The Kier molecular flexibility index (Phi) is 6.13. The fourth-order valence-electron chi connectivity index (χ4n) is 3.92. The van der Waals surface area contributed by atoms with E-state index in [1.807, 2.05) is 76.2 Å². The summed E-state index contributed by atoms with van der Waals surface area (Å²) in [7, 11) is 0. The Morgan fingerprint density at radius 1 is 0.719 bits per heavy atom. The number of hydrogen-bond donors (Lipinski definition) is 2. The van der Waals surface area contributed by atoms with Crippen LogP contribution in [0.4, 0.5) is 10.3 Å². The highest BCUT2D eigenvalue weighted by molar-refractivity contribution is 7.19. The van der Waals surface area contributed by atoms with Crippen molar-refractivity contribution in [2.45, 2.75) is 39.5 Å². The largest absolute Gasteiger partial charge is 0.375 e. The summed E-state index contributed by atoms with van der Waals surface area (Å²) in [6, 6.07) is 16.3. The van der Waals surface area contributed by atoms with Crippen LogP contribution in [-0.2, 0) is 4.79 Å². The van der Waals surface area contributed by atoms with Gasteiger partial charge in [-0.25, -0.2) is 9.97 Å². The maximum absolute atomic E-state index is 13.2. The average Bonchev–Trinajstić information content (AvgIpc) is 3.31. The molecule has 7 heteroatoms. The molecule has 0 fully saturated rings. The molecule has 4 aromatic rings. The van der Waals surface area contributed by atoms with Crippen LogP contribution in [0, 0.1) is 13.8 Å². The maximum atomic E-state index is 13.2. The van der Waals surface area contributed by atoms with Gasteiger partial charge < -0.3 is 11.5 Å². The van der Waals surface area contributed by atoms with Crippen molar-refractivity contribution < 1.29 is 4.79 Å². The molecule has 0 saturated heterocycles. The Morgan fingerprint density at radius 2 is 1.06 bits per heavy atom. The summed E-state index contributed by atoms with van der Waals surface area (Å²) in [4.78, 5) is 23.9. The molecule has 0 aliphatic carbocycles. The van der Waals surface area contributed by atoms with Gasteiger partial charge in [0.15, 0.2) is 10.3 Å². The number of carbonyl (C=O) groups excluding carboxylic acids is 1. The van der Waals surface area contributed by atoms with Crippen LogP contribution in [-0.4, -0.2) is 15.8 Å². The minimum atomic E-state index is -0.199. The minimum absolute atomic E-state index is 0.196. The Bertz CT molecular complexity index is 1160. The molecule has 164 valence electrons. The van der Waals surface area contributed by atoms with E-state index in [1.54, 1.807) is 0 Å². The van der Waals surface area contributed by atoms with Gasteiger partial charge in [-0.15, -0.1) is 0 Å². The molecular weight excluding hydrogens is 436 g/mol. The summed E-state index contributed by atoms with van der Waals surface area (Å²) in [5.41, 5.74) is 17.7. The number of Topliss-reactive ketones (excluding diaryl/α,β-unsaturated/α-hetero) is 1. The van der Waals surface area contributed by atoms with Gasteiger partial charge in [-0.3, -0.25) is 4.79 Å². The number of ketones is 1. The molecule has 0 aliphatic heterocycles. The van der Waals surface area contributed by atoms with Gasteiger partial charge in [0.2, 0.25) is 0 Å². The van der Waals surface area contributed by atoms with Crippen molar-refractivity contribution in [3.63, 3.8) is 0 Å². The quantitative estimate of drug-likeness (QED) is 0.356. The SMILES string of the molecule is Cc1nc(N)sc1-c1ccc(C(C)C(=O)C(C)c2ccc(-c3sc(N)nc3C)cc2)cc1. The fourth-order valence-corrected chi connectivity index (χ4v) is 5.60. The van der Waals surface area contributed by atoms with Gasteiger partial charge in [0.25, 0.3) is 0 Å². The standard InChI is InChI=1S/C25H26N4OS2/c1-13(17-5-9-19(10-6-17)22-15(3)28-24(26)31-22)21(30)14(2)18-7-11-20(12-8-18)23-16(4)29-25(27)32-23/h5-14H,1-4H3,(H2,26,28)(H2,27,29). The maximum Gasteiger partial charge on any atom is 0.180 e. The van der Waals surface area contributed by atoms with Crippen LogP contribution < -0.4 is 11.5 Å². The summed E-state index contributed by atoms with van der Waals surface area (Å²) in [6.45, 7) is 7.87. The van der Waals surface area contributed by atoms with Crippen molar-refractivity contribution in [3.05, 3.63) is 71.0 Å². The molecule has 2 heterocycles. The first kappa shape index (κ1) is 22.2. The number of nitrogen functional groups attached to an aromatic ring is 2. The number of nitrogens with zero attached hydrogens (tertiary/aromatic N) is 2. The number of aromatic nitrogens is 2. The Morgan fingerprint density at radius 3 is 1.34 bits per heavy atom. The molecule has 2 unspecified atom stereocenters. The van der Waals surface area contributed by atoms with Crippen molar-refractivity contribution in [2.24, 2.45) is 0 Å². The average molecular weight is 463 g/mol. The van der Waals surface area contributed by atoms with Crippen LogP contribution in [0.5, 0.6) is 0 Å². The molecule has 2 aromatic heterocycles. The van der Waals surface area contributed by atoms with E-state index in [1.165, 1.54) is 22.7 Å². The molecule has 0 aliphatic rings. The van der Waals surface area contributed by atoms with Gasteiger partial charge in [0, 0.05) is 11.8 Å². The van der Waals surface area contributed by atoms with Gasteiger partial charge in [-0.2, -0.15) is 0 Å². The van der Waals surface area contributed by atoms with E-state index in [-0.39, 0.29) is 17.6 Å². The summed E-state index contributed by atoms with van der Waals surface area (Å²) in [6.07, 6.45) is 0. The van der Waals surface area contributed by atoms with E-state index in [0.29, 0.717) is 10.3 Å². The van der Waals surface area contributed by atoms with Crippen molar-refractivity contribution in [3.8, 4) is 20.9 Å². The zero-order valence-corrected chi connectivity index (χ0v) is 20.2. The lowest BCUT2D eigenvalue weighted by Crippen LogP contribution is -2.16. The van der Waals surface area contributed by atoms with E-state index in [9.17, 15) is 4.79 Å². The predicted octanol–water partition coefficient (Wildman–Crippen LogP) is 6.19. The van der Waals surface area contributed by atoms with Gasteiger partial charge in [-0.05, 0) is 36.1 Å². The summed E-state index contributed by atoms with van der Waals surface area (Å²) < 4.78 is 0. The van der Waals surface area contributed by atoms with Crippen LogP contribution in [0.25, 0.3) is 20.9 Å². The second-order valence-corrected chi connectivity index (χ2v) is 10.1. The molecular formula is C25H26N4OS2. The number of rotatable bonds is 6. The first-order valence-electron chi connectivity index (χ1n) is 10.4. The van der Waals surface area contributed by atoms with Crippen molar-refractivity contribution in [1.29, 1.82) is 0 Å². The van der Waals surface area contributed by atoms with Crippen molar-refractivity contribution in [1.82, 2.24) is 9.97 Å². The highest BCUT2D eigenvalue weighted by Gasteiger charge is 2.23. The first-order chi connectivity index (χ1) is 15.2. The highest BCUT2D eigenvalue weighted by Crippen LogP contribution is 2.35. The molecule has 2 atom stereocenters. The summed E-state index contributed by atoms with van der Waals surface area (Å²) >= 11 is 2.96. The van der Waals surface area contributed by atoms with Crippen LogP contribution in [0.2, 0.25) is 0 Å². The van der Waals surface area contributed by atoms with Crippen LogP contribution in [0.15, 0.2) is 48.5 Å². The van der Waals surface area contributed by atoms with Crippen molar-refractivity contribution in [2.75, 3.05) is 11.5 Å². The molecule has 0 bridgehead atoms. The summed E-state index contributed by atoms with van der Waals surface area (Å²) in [5, 5.41) is 1.14. The fraction of sp³-hybridized carbons (Fsp3) is 0.240. The van der Waals surface area contributed by atoms with E-state index in [4.69, 9.17) is 11.5 Å². The topological polar surface area (TPSA) is 94.9 Å². The summed E-state index contributed by atoms with van der Waals surface area (Å²) in [5.74, 6) is -0.202. The molecule has 4 rings (SSSR count). The van der Waals surface area contributed by atoms with Crippen LogP contribution >= 0.6 is 22.7 Å². The highest BCUT2D eigenvalue weighted by atomic mass is 32.1. The third kappa shape index (κ3) is 4.31. The van der Waals surface area contributed by atoms with Gasteiger partial charge in [0.05, 0.1) is 21.1 Å². The van der Waals surface area contributed by atoms with E-state index in [0.717, 1.165) is 43.4 Å². The van der Waals surface area contributed by atoms with Gasteiger partial charge >= 0.3 is 0 Å². The van der Waals surface area contributed by atoms with Gasteiger partial charge in [0.1, 0.15) is 5.78 Å². The lowest BCUT2D eigenvalue weighted by atomic mass is 9.85. The molecule has 0 amide bonds. The van der Waals surface area contributed by atoms with Crippen LogP contribution in [0.1, 0.15) is 48.2 Å². The molecule has 0 radical (unpaired) electrons. The molecule has 0 spiro atoms. The van der Waals surface area contributed by atoms with Crippen molar-refractivity contribution >= 4 is 38.7 Å². The normalized spacial score (nSPS) is 13.1. The lowest BCUT2D eigenvalue weighted by Gasteiger charge is -2.18. The number of aryl methyl sites for hydroxylation is 2. The Balaban J connectivity index is 1.49. The number of nitrogens with two attached hydrogens (primary N) is 2. The monoisotopic (exact) mass is 462 g/mol. The molecule has 5 nitrogen and oxygen atoms in total. The van der Waals surface area contributed by atoms with E-state index >= 15 is 0 Å². The predicted molar refractivity (Wildman–Crippen MR) is 135 cm³/mol. The number of hydrogen-bond acceptors (Lipinski definition) is 7. The zero-order valence-electron chi connectivity index (χ0n) is 18.5. The number of benzene rings is 2. The second-order valence-electron chi connectivity index (χ2n) is 8.02. The number of anilines is 2. The minimum Gasteiger partial charge on any atom is -0.375 e. The number of carbonyl (C=O) groups is 1. The lowest BCUT2D eigenvalue weighted by molar-refractivity contribution is -0.121. The van der Waals surface area contributed by atoms with Crippen LogP contribution in [0.3, 0.4) is 0 Å².